The van der Waals surface area contributed by atoms with Crippen molar-refractivity contribution in [2.75, 3.05) is 44.2 Å². The second kappa shape index (κ2) is 7.92. The highest BCUT2D eigenvalue weighted by Crippen LogP contribution is 2.26. The van der Waals surface area contributed by atoms with Gasteiger partial charge in [0.2, 0.25) is 5.91 Å². The third-order valence-corrected chi connectivity index (χ3v) is 4.26. The maximum atomic E-state index is 12.6. The molecule has 0 spiro atoms. The average Bonchev–Trinajstić information content (AvgIpc) is 2.54. The summed E-state index contributed by atoms with van der Waals surface area (Å²) in [6.07, 6.45) is 2.16. The molecule has 2 aliphatic heterocycles. The molecule has 0 saturated carbocycles. The van der Waals surface area contributed by atoms with E-state index in [1.807, 2.05) is 23.1 Å². The Bertz CT molecular complexity index is 512. The predicted octanol–water partition coefficient (Wildman–Crippen LogP) is 1.05. The highest BCUT2D eigenvalue weighted by molar-refractivity contribution is 5.95. The van der Waals surface area contributed by atoms with Crippen LogP contribution in [0.3, 0.4) is 0 Å². The number of carbonyl (C=O) groups is 1. The topological polar surface area (TPSA) is 58.8 Å². The number of morpholine rings is 1. The number of aryl methyl sites for hydroxylation is 1. The lowest BCUT2D eigenvalue weighted by atomic mass is 10.0. The molecule has 5 nitrogen and oxygen atoms in total. The second-order valence-electron chi connectivity index (χ2n) is 5.74. The minimum absolute atomic E-state index is 0. The number of carbonyl (C=O) groups excluding carboxylic acids is 1. The number of rotatable bonds is 3. The van der Waals surface area contributed by atoms with Crippen molar-refractivity contribution in [2.24, 2.45) is 5.73 Å². The summed E-state index contributed by atoms with van der Waals surface area (Å²) in [7, 11) is 0. The van der Waals surface area contributed by atoms with Gasteiger partial charge in [-0.1, -0.05) is 18.2 Å². The van der Waals surface area contributed by atoms with Crippen molar-refractivity contribution in [3.8, 4) is 0 Å². The van der Waals surface area contributed by atoms with Crippen molar-refractivity contribution in [1.29, 1.82) is 0 Å². The minimum atomic E-state index is 0. The van der Waals surface area contributed by atoms with E-state index in [4.69, 9.17) is 10.5 Å². The van der Waals surface area contributed by atoms with E-state index in [0.717, 1.165) is 38.2 Å². The van der Waals surface area contributed by atoms with E-state index in [0.29, 0.717) is 19.7 Å². The molecule has 1 fully saturated rings. The van der Waals surface area contributed by atoms with E-state index < -0.39 is 0 Å². The number of nitrogens with zero attached hydrogens (tertiary/aromatic N) is 2. The Kier molecular flexibility index (Phi) is 6.20. The molecule has 6 heteroatoms. The Morgan fingerprint density at radius 1 is 1.32 bits per heavy atom. The molecule has 2 N–H and O–H groups in total. The quantitative estimate of drug-likeness (QED) is 0.902. The summed E-state index contributed by atoms with van der Waals surface area (Å²) in [6.45, 7) is 3.99. The van der Waals surface area contributed by atoms with Crippen LogP contribution in [0, 0.1) is 0 Å². The molecule has 1 atom stereocenters. The average molecular weight is 326 g/mol. The van der Waals surface area contributed by atoms with Gasteiger partial charge in [-0.05, 0) is 24.5 Å². The van der Waals surface area contributed by atoms with Crippen molar-refractivity contribution >= 4 is 24.0 Å². The van der Waals surface area contributed by atoms with Crippen LogP contribution in [0.2, 0.25) is 0 Å². The van der Waals surface area contributed by atoms with Gasteiger partial charge in [-0.15, -0.1) is 12.4 Å². The summed E-state index contributed by atoms with van der Waals surface area (Å²) in [5, 5.41) is 0. The molecule has 0 radical (unpaired) electrons. The van der Waals surface area contributed by atoms with E-state index in [9.17, 15) is 4.79 Å². The van der Waals surface area contributed by atoms with Gasteiger partial charge in [0, 0.05) is 31.9 Å². The number of para-hydroxylation sites is 1. The molecule has 1 aromatic carbocycles. The van der Waals surface area contributed by atoms with Crippen LogP contribution < -0.4 is 10.6 Å². The Morgan fingerprint density at radius 2 is 2.14 bits per heavy atom. The number of nitrogens with two attached hydrogens (primary N) is 1. The lowest BCUT2D eigenvalue weighted by Crippen LogP contribution is -2.50. The molecule has 2 heterocycles. The summed E-state index contributed by atoms with van der Waals surface area (Å²) in [5.41, 5.74) is 8.01. The molecule has 1 aromatic rings. The molecule has 0 aliphatic carbocycles. The van der Waals surface area contributed by atoms with Gasteiger partial charge >= 0.3 is 0 Å². The van der Waals surface area contributed by atoms with E-state index in [2.05, 4.69) is 11.0 Å². The van der Waals surface area contributed by atoms with Crippen molar-refractivity contribution in [2.45, 2.75) is 18.9 Å². The molecule has 122 valence electrons. The van der Waals surface area contributed by atoms with Gasteiger partial charge in [0.1, 0.15) is 0 Å². The number of halogens is 1. The Hall–Kier alpha value is -1.14. The number of amides is 1. The first-order chi connectivity index (χ1) is 10.3. The van der Waals surface area contributed by atoms with Gasteiger partial charge in [0.15, 0.2) is 0 Å². The van der Waals surface area contributed by atoms with Crippen LogP contribution in [-0.2, 0) is 16.0 Å². The van der Waals surface area contributed by atoms with Gasteiger partial charge in [-0.25, -0.2) is 0 Å². The Labute approximate surface area is 137 Å². The molecule has 3 rings (SSSR count). The van der Waals surface area contributed by atoms with Gasteiger partial charge < -0.3 is 15.4 Å². The normalized spacial score (nSPS) is 21.9. The van der Waals surface area contributed by atoms with Gasteiger partial charge in [-0.3, -0.25) is 9.69 Å². The first kappa shape index (κ1) is 17.2. The fraction of sp³-hybridized carbons (Fsp3) is 0.562. The van der Waals surface area contributed by atoms with Crippen molar-refractivity contribution in [3.63, 3.8) is 0 Å². The maximum Gasteiger partial charge on any atom is 0.241 e. The zero-order valence-electron chi connectivity index (χ0n) is 12.7. The molecule has 2 aliphatic rings. The number of benzene rings is 1. The first-order valence-corrected chi connectivity index (χ1v) is 7.70. The SMILES string of the molecule is Cl.NCC1CN(CC(=O)N2CCCc3ccccc32)CCO1. The zero-order chi connectivity index (χ0) is 14.7. The van der Waals surface area contributed by atoms with E-state index >= 15 is 0 Å². The summed E-state index contributed by atoms with van der Waals surface area (Å²) in [6, 6.07) is 8.21. The monoisotopic (exact) mass is 325 g/mol. The van der Waals surface area contributed by atoms with Crippen molar-refractivity contribution < 1.29 is 9.53 Å². The summed E-state index contributed by atoms with van der Waals surface area (Å²) >= 11 is 0. The Morgan fingerprint density at radius 3 is 2.95 bits per heavy atom. The van der Waals surface area contributed by atoms with Crippen molar-refractivity contribution in [1.82, 2.24) is 4.90 Å². The summed E-state index contributed by atoms with van der Waals surface area (Å²) in [5.74, 6) is 0.180. The van der Waals surface area contributed by atoms with Crippen LogP contribution in [0.4, 0.5) is 5.69 Å². The minimum Gasteiger partial charge on any atom is -0.374 e. The zero-order valence-corrected chi connectivity index (χ0v) is 13.6. The van der Waals surface area contributed by atoms with E-state index in [1.54, 1.807) is 0 Å². The smallest absolute Gasteiger partial charge is 0.241 e. The van der Waals surface area contributed by atoms with Gasteiger partial charge in [0.05, 0.1) is 19.3 Å². The molecule has 0 aromatic heterocycles. The van der Waals surface area contributed by atoms with Crippen LogP contribution in [0.1, 0.15) is 12.0 Å². The van der Waals surface area contributed by atoms with Crippen LogP contribution in [0.25, 0.3) is 0 Å². The van der Waals surface area contributed by atoms with E-state index in [-0.39, 0.29) is 24.4 Å². The fourth-order valence-electron chi connectivity index (χ4n) is 3.14. The number of hydrogen-bond acceptors (Lipinski definition) is 4. The second-order valence-corrected chi connectivity index (χ2v) is 5.74. The van der Waals surface area contributed by atoms with E-state index in [1.165, 1.54) is 5.56 Å². The Balaban J connectivity index is 0.00000176. The van der Waals surface area contributed by atoms with Crippen LogP contribution in [-0.4, -0.2) is 56.2 Å². The molecule has 0 bridgehead atoms. The standard InChI is InChI=1S/C16H23N3O2.ClH/c17-10-14-11-18(8-9-21-14)12-16(20)19-7-3-5-13-4-1-2-6-15(13)19;/h1-2,4,6,14H,3,5,7-12,17H2;1H. The lowest BCUT2D eigenvalue weighted by Gasteiger charge is -2.35. The molecule has 22 heavy (non-hydrogen) atoms. The third kappa shape index (κ3) is 3.79. The maximum absolute atomic E-state index is 12.6. The largest absolute Gasteiger partial charge is 0.374 e. The van der Waals surface area contributed by atoms with Crippen LogP contribution >= 0.6 is 12.4 Å². The molecular weight excluding hydrogens is 302 g/mol. The molecule has 1 amide bonds. The summed E-state index contributed by atoms with van der Waals surface area (Å²) < 4.78 is 5.55. The van der Waals surface area contributed by atoms with Crippen LogP contribution in [0.5, 0.6) is 0 Å². The fourth-order valence-corrected chi connectivity index (χ4v) is 3.14. The number of hydrogen-bond donors (Lipinski definition) is 1. The molecule has 1 saturated heterocycles. The first-order valence-electron chi connectivity index (χ1n) is 7.70. The highest BCUT2D eigenvalue weighted by atomic mass is 35.5. The number of ether oxygens (including phenoxy) is 1. The highest BCUT2D eigenvalue weighted by Gasteiger charge is 2.26. The van der Waals surface area contributed by atoms with Crippen LogP contribution in [0.15, 0.2) is 24.3 Å². The molecule has 1 unspecified atom stereocenters. The third-order valence-electron chi connectivity index (χ3n) is 4.26. The predicted molar refractivity (Wildman–Crippen MR) is 89.6 cm³/mol. The summed E-state index contributed by atoms with van der Waals surface area (Å²) in [4.78, 5) is 16.7. The van der Waals surface area contributed by atoms with Gasteiger partial charge in [0.25, 0.3) is 0 Å². The van der Waals surface area contributed by atoms with Gasteiger partial charge in [-0.2, -0.15) is 0 Å². The van der Waals surface area contributed by atoms with Crippen molar-refractivity contribution in [3.05, 3.63) is 29.8 Å². The molecular formula is C16H24ClN3O2. The number of fused-ring (bicyclic) bond motifs is 1. The number of anilines is 1. The lowest BCUT2D eigenvalue weighted by molar-refractivity contribution is -0.121.